The van der Waals surface area contributed by atoms with Crippen molar-refractivity contribution in [2.45, 2.75) is 30.6 Å². The van der Waals surface area contributed by atoms with Crippen LogP contribution in [0.1, 0.15) is 25.7 Å². The number of benzene rings is 1. The van der Waals surface area contributed by atoms with Gasteiger partial charge in [-0.2, -0.15) is 13.1 Å². The zero-order valence-electron chi connectivity index (χ0n) is 16.7. The number of ether oxygens (including phenoxy) is 1. The fourth-order valence-electron chi connectivity index (χ4n) is 4.25. The second-order valence-corrected chi connectivity index (χ2v) is 10.1. The van der Waals surface area contributed by atoms with Gasteiger partial charge in [0.1, 0.15) is 15.9 Å². The van der Waals surface area contributed by atoms with Crippen molar-refractivity contribution in [3.63, 3.8) is 0 Å². The van der Waals surface area contributed by atoms with E-state index >= 15 is 0 Å². The Morgan fingerprint density at radius 3 is 2.60 bits per heavy atom. The number of carbonyl (C=O) groups excluding carboxylic acids is 2. The number of aromatic nitrogens is 2. The zero-order valence-corrected chi connectivity index (χ0v) is 18.3. The van der Waals surface area contributed by atoms with Gasteiger partial charge >= 0.3 is 5.97 Å². The number of esters is 1. The number of piperidine rings is 2. The third-order valence-electron chi connectivity index (χ3n) is 5.94. The molecule has 4 rings (SSSR count). The summed E-state index contributed by atoms with van der Waals surface area (Å²) >= 11 is 0.981. The molecule has 0 radical (unpaired) electrons. The molecule has 0 saturated carbocycles. The summed E-state index contributed by atoms with van der Waals surface area (Å²) in [7, 11) is -2.40. The first kappa shape index (κ1) is 21.1. The van der Waals surface area contributed by atoms with Gasteiger partial charge in [-0.25, -0.2) is 8.42 Å². The second-order valence-electron chi connectivity index (χ2n) is 7.71. The summed E-state index contributed by atoms with van der Waals surface area (Å²) in [5.41, 5.74) is 0.931. The molecule has 1 aromatic heterocycles. The predicted molar refractivity (Wildman–Crippen MR) is 110 cm³/mol. The van der Waals surface area contributed by atoms with Crippen LogP contribution in [-0.4, -0.2) is 71.5 Å². The van der Waals surface area contributed by atoms with Crippen LogP contribution in [0.2, 0.25) is 0 Å². The maximum atomic E-state index is 13.3. The largest absolute Gasteiger partial charge is 0.469 e. The molecule has 1 atom stereocenters. The van der Waals surface area contributed by atoms with Crippen LogP contribution in [0.3, 0.4) is 0 Å². The SMILES string of the molecule is COC(=O)C1CCN(C(=O)[C@@H]2CCCN(S(=O)(=O)c3cccc4nsnc34)C2)CC1. The van der Waals surface area contributed by atoms with E-state index in [4.69, 9.17) is 4.74 Å². The minimum atomic E-state index is -3.77. The Morgan fingerprint density at radius 2 is 1.87 bits per heavy atom. The number of rotatable bonds is 4. The maximum Gasteiger partial charge on any atom is 0.308 e. The van der Waals surface area contributed by atoms with Crippen molar-refractivity contribution >= 4 is 44.7 Å². The van der Waals surface area contributed by atoms with Crippen LogP contribution in [0, 0.1) is 11.8 Å². The number of hydrogen-bond donors (Lipinski definition) is 0. The molecule has 11 heteroatoms. The minimum absolute atomic E-state index is 0.0354. The third-order valence-corrected chi connectivity index (χ3v) is 8.38. The van der Waals surface area contributed by atoms with E-state index in [9.17, 15) is 18.0 Å². The van der Waals surface area contributed by atoms with E-state index in [2.05, 4.69) is 8.75 Å². The quantitative estimate of drug-likeness (QED) is 0.647. The molecule has 1 aromatic carbocycles. The van der Waals surface area contributed by atoms with Gasteiger partial charge in [0.15, 0.2) is 0 Å². The van der Waals surface area contributed by atoms with E-state index in [0.29, 0.717) is 56.4 Å². The van der Waals surface area contributed by atoms with Gasteiger partial charge < -0.3 is 9.64 Å². The van der Waals surface area contributed by atoms with Crippen molar-refractivity contribution in [2.24, 2.45) is 11.8 Å². The van der Waals surface area contributed by atoms with Gasteiger partial charge in [-0.15, -0.1) is 0 Å². The molecule has 2 saturated heterocycles. The molecule has 3 heterocycles. The Bertz CT molecular complexity index is 1050. The number of hydrogen-bond acceptors (Lipinski definition) is 8. The fraction of sp³-hybridized carbons (Fsp3) is 0.579. The van der Waals surface area contributed by atoms with E-state index in [1.807, 2.05) is 0 Å². The lowest BCUT2D eigenvalue weighted by molar-refractivity contribution is -0.149. The van der Waals surface area contributed by atoms with Crippen molar-refractivity contribution in [2.75, 3.05) is 33.3 Å². The fourth-order valence-corrected chi connectivity index (χ4v) is 6.53. The van der Waals surface area contributed by atoms with E-state index in [0.717, 1.165) is 11.7 Å². The van der Waals surface area contributed by atoms with Crippen molar-refractivity contribution in [3.05, 3.63) is 18.2 Å². The number of methoxy groups -OCH3 is 1. The molecule has 2 fully saturated rings. The summed E-state index contributed by atoms with van der Waals surface area (Å²) in [6.45, 7) is 1.52. The molecule has 0 bridgehead atoms. The summed E-state index contributed by atoms with van der Waals surface area (Å²) in [4.78, 5) is 26.6. The molecule has 0 unspecified atom stereocenters. The van der Waals surface area contributed by atoms with Crippen LogP contribution in [0.5, 0.6) is 0 Å². The molecule has 2 aliphatic rings. The van der Waals surface area contributed by atoms with Gasteiger partial charge in [-0.05, 0) is 37.8 Å². The summed E-state index contributed by atoms with van der Waals surface area (Å²) in [6.07, 6.45) is 2.43. The Balaban J connectivity index is 1.46. The third kappa shape index (κ3) is 3.93. The van der Waals surface area contributed by atoms with Crippen LogP contribution in [0.4, 0.5) is 0 Å². The second kappa shape index (κ2) is 8.56. The Morgan fingerprint density at radius 1 is 1.10 bits per heavy atom. The van der Waals surface area contributed by atoms with Gasteiger partial charge in [-0.3, -0.25) is 9.59 Å². The summed E-state index contributed by atoms with van der Waals surface area (Å²) in [6, 6.07) is 4.94. The molecule has 9 nitrogen and oxygen atoms in total. The number of amides is 1. The summed E-state index contributed by atoms with van der Waals surface area (Å²) in [5.74, 6) is -0.819. The van der Waals surface area contributed by atoms with Crippen molar-refractivity contribution < 1.29 is 22.7 Å². The van der Waals surface area contributed by atoms with Crippen LogP contribution >= 0.6 is 11.7 Å². The number of nitrogens with zero attached hydrogens (tertiary/aromatic N) is 4. The Labute approximate surface area is 179 Å². The Hall–Kier alpha value is -2.11. The zero-order chi connectivity index (χ0) is 21.3. The lowest BCUT2D eigenvalue weighted by atomic mass is 9.93. The van der Waals surface area contributed by atoms with Crippen LogP contribution in [-0.2, 0) is 24.3 Å². The van der Waals surface area contributed by atoms with E-state index < -0.39 is 10.0 Å². The first-order valence-corrected chi connectivity index (χ1v) is 12.2. The van der Waals surface area contributed by atoms with Gasteiger partial charge in [0.05, 0.1) is 30.7 Å². The predicted octanol–water partition coefficient (Wildman–Crippen LogP) is 1.50. The first-order valence-electron chi connectivity index (χ1n) is 10.00. The van der Waals surface area contributed by atoms with Gasteiger partial charge in [0.2, 0.25) is 15.9 Å². The molecule has 1 amide bonds. The van der Waals surface area contributed by atoms with E-state index in [1.54, 1.807) is 23.1 Å². The molecular weight excluding hydrogens is 428 g/mol. The molecule has 0 N–H and O–H groups in total. The monoisotopic (exact) mass is 452 g/mol. The topological polar surface area (TPSA) is 110 Å². The number of fused-ring (bicyclic) bond motifs is 1. The highest BCUT2D eigenvalue weighted by Gasteiger charge is 2.37. The molecule has 162 valence electrons. The molecule has 2 aliphatic heterocycles. The molecule has 0 spiro atoms. The van der Waals surface area contributed by atoms with Crippen LogP contribution < -0.4 is 0 Å². The normalized spacial score (nSPS) is 21.6. The molecular formula is C19H24N4O5S2. The maximum absolute atomic E-state index is 13.3. The molecule has 2 aromatic rings. The van der Waals surface area contributed by atoms with Gasteiger partial charge in [0.25, 0.3) is 0 Å². The van der Waals surface area contributed by atoms with Crippen LogP contribution in [0.15, 0.2) is 23.1 Å². The highest BCUT2D eigenvalue weighted by atomic mass is 32.2. The molecule has 0 aliphatic carbocycles. The van der Waals surface area contributed by atoms with Crippen molar-refractivity contribution in [1.82, 2.24) is 18.0 Å². The van der Waals surface area contributed by atoms with Gasteiger partial charge in [-0.1, -0.05) is 6.07 Å². The minimum Gasteiger partial charge on any atom is -0.469 e. The number of carbonyl (C=O) groups is 2. The average molecular weight is 453 g/mol. The van der Waals surface area contributed by atoms with E-state index in [-0.39, 0.29) is 35.2 Å². The standard InChI is InChI=1S/C19H24N4O5S2/c1-28-19(25)13-7-10-22(11-8-13)18(24)14-4-3-9-23(12-14)30(26,27)16-6-2-5-15-17(16)21-29-20-15/h2,5-6,13-14H,3-4,7-12H2,1H3/t14-/m1/s1. The first-order chi connectivity index (χ1) is 14.4. The number of sulfonamides is 1. The van der Waals surface area contributed by atoms with E-state index in [1.165, 1.54) is 11.4 Å². The molecule has 30 heavy (non-hydrogen) atoms. The average Bonchev–Trinajstić information content (AvgIpc) is 3.27. The smallest absolute Gasteiger partial charge is 0.308 e. The van der Waals surface area contributed by atoms with Crippen molar-refractivity contribution in [1.29, 1.82) is 0 Å². The van der Waals surface area contributed by atoms with Crippen LogP contribution in [0.25, 0.3) is 11.0 Å². The Kier molecular flexibility index (Phi) is 6.03. The number of likely N-dealkylation sites (tertiary alicyclic amines) is 1. The summed E-state index contributed by atoms with van der Waals surface area (Å²) in [5, 5.41) is 0. The lowest BCUT2D eigenvalue weighted by Crippen LogP contribution is -2.49. The highest BCUT2D eigenvalue weighted by Crippen LogP contribution is 2.29. The van der Waals surface area contributed by atoms with Crippen molar-refractivity contribution in [3.8, 4) is 0 Å². The summed E-state index contributed by atoms with van der Waals surface area (Å²) < 4.78 is 41.0. The highest BCUT2D eigenvalue weighted by molar-refractivity contribution is 7.89. The lowest BCUT2D eigenvalue weighted by Gasteiger charge is -2.37. The van der Waals surface area contributed by atoms with Gasteiger partial charge in [0, 0.05) is 26.2 Å².